The fourth-order valence-corrected chi connectivity index (χ4v) is 5.77. The smallest absolute Gasteiger partial charge is 0.492 e. The molecule has 1 saturated heterocycles. The Kier molecular flexibility index (Phi) is 7.35. The lowest BCUT2D eigenvalue weighted by Gasteiger charge is -2.32. The molecule has 0 saturated carbocycles. The maximum absolute atomic E-state index is 15.2. The lowest BCUT2D eigenvalue weighted by molar-refractivity contribution is -0.141. The number of esters is 1. The Morgan fingerprint density at radius 3 is 2.53 bits per heavy atom. The molecule has 2 aliphatic heterocycles. The van der Waals surface area contributed by atoms with E-state index in [1.54, 1.807) is 24.3 Å². The lowest BCUT2D eigenvalue weighted by Crippen LogP contribution is -2.41. The summed E-state index contributed by atoms with van der Waals surface area (Å²) in [7, 11) is 0.758. The highest BCUT2D eigenvalue weighted by Crippen LogP contribution is 2.45. The number of rotatable bonds is 7. The maximum Gasteiger partial charge on any atom is 0.494 e. The van der Waals surface area contributed by atoms with Gasteiger partial charge in [-0.15, -0.1) is 0 Å². The fraction of sp³-hybridized carbons (Fsp3) is 0.394. The SMILES string of the molecule is COC(=O)C[C@@H]1COc2cc(O[C@@H]3CCc4c(Oc5ccc(B6OC(C)(C)C(C)(C)O6)cc5C#N)ccc(F)c43)ccc21. The molecule has 0 aromatic heterocycles. The number of carbonyl (C=O) groups is 1. The minimum atomic E-state index is -0.609. The number of hydrogen-bond acceptors (Lipinski definition) is 8. The Bertz CT molecular complexity index is 1620. The second-order valence-electron chi connectivity index (χ2n) is 12.1. The van der Waals surface area contributed by atoms with E-state index in [4.69, 9.17) is 28.3 Å². The molecule has 0 N–H and O–H groups in total. The minimum absolute atomic E-state index is 0.0786. The van der Waals surface area contributed by atoms with Gasteiger partial charge in [-0.05, 0) is 76.3 Å². The highest BCUT2D eigenvalue weighted by atomic mass is 19.1. The summed E-state index contributed by atoms with van der Waals surface area (Å²) >= 11 is 0. The molecule has 3 aliphatic rings. The second-order valence-corrected chi connectivity index (χ2v) is 12.1. The first-order valence-corrected chi connectivity index (χ1v) is 14.4. The van der Waals surface area contributed by atoms with E-state index in [-0.39, 0.29) is 24.1 Å². The van der Waals surface area contributed by atoms with Crippen LogP contribution in [0.5, 0.6) is 23.0 Å². The lowest BCUT2D eigenvalue weighted by atomic mass is 9.78. The van der Waals surface area contributed by atoms with Crippen molar-refractivity contribution in [3.8, 4) is 29.1 Å². The highest BCUT2D eigenvalue weighted by molar-refractivity contribution is 6.62. The van der Waals surface area contributed by atoms with Gasteiger partial charge in [-0.25, -0.2) is 4.39 Å². The first kappa shape index (κ1) is 29.0. The topological polar surface area (TPSA) is 96.2 Å². The van der Waals surface area contributed by atoms with E-state index in [2.05, 4.69) is 6.07 Å². The Morgan fingerprint density at radius 2 is 1.81 bits per heavy atom. The number of benzene rings is 3. The van der Waals surface area contributed by atoms with Crippen LogP contribution in [0.15, 0.2) is 48.5 Å². The first-order valence-electron chi connectivity index (χ1n) is 14.4. The number of hydrogen-bond donors (Lipinski definition) is 0. The van der Waals surface area contributed by atoms with Crippen molar-refractivity contribution in [3.63, 3.8) is 0 Å². The molecule has 10 heteroatoms. The molecular weight excluding hydrogens is 552 g/mol. The summed E-state index contributed by atoms with van der Waals surface area (Å²) in [6.07, 6.45) is 0.818. The van der Waals surface area contributed by atoms with Gasteiger partial charge in [-0.1, -0.05) is 12.1 Å². The molecule has 0 amide bonds. The number of fused-ring (bicyclic) bond motifs is 2. The van der Waals surface area contributed by atoms with Crippen LogP contribution >= 0.6 is 0 Å². The van der Waals surface area contributed by atoms with E-state index < -0.39 is 24.4 Å². The van der Waals surface area contributed by atoms with Crippen LogP contribution in [0.4, 0.5) is 4.39 Å². The molecule has 2 atom stereocenters. The van der Waals surface area contributed by atoms with Crippen LogP contribution in [0.1, 0.15) is 74.8 Å². The fourth-order valence-electron chi connectivity index (χ4n) is 5.77. The van der Waals surface area contributed by atoms with E-state index in [1.807, 2.05) is 45.9 Å². The maximum atomic E-state index is 15.2. The average molecular weight is 585 g/mol. The monoisotopic (exact) mass is 585 g/mol. The van der Waals surface area contributed by atoms with Crippen molar-refractivity contribution in [1.29, 1.82) is 5.26 Å². The largest absolute Gasteiger partial charge is 0.494 e. The summed E-state index contributed by atoms with van der Waals surface area (Å²) in [5.41, 5.74) is 2.09. The minimum Gasteiger partial charge on any atom is -0.492 e. The molecule has 2 heterocycles. The molecular formula is C33H33BFNO7. The van der Waals surface area contributed by atoms with Crippen molar-refractivity contribution in [3.05, 3.63) is 76.6 Å². The van der Waals surface area contributed by atoms with Crippen LogP contribution in [0.25, 0.3) is 0 Å². The molecule has 0 bridgehead atoms. The average Bonchev–Trinajstić information content (AvgIpc) is 3.64. The molecule has 0 unspecified atom stereocenters. The summed E-state index contributed by atoms with van der Waals surface area (Å²) in [6, 6.07) is 15.9. The summed E-state index contributed by atoms with van der Waals surface area (Å²) in [4.78, 5) is 11.7. The molecule has 6 rings (SSSR count). The number of ether oxygens (including phenoxy) is 4. The zero-order chi connectivity index (χ0) is 30.5. The van der Waals surface area contributed by atoms with Gasteiger partial charge in [-0.3, -0.25) is 4.79 Å². The zero-order valence-electron chi connectivity index (χ0n) is 24.9. The molecule has 0 spiro atoms. The van der Waals surface area contributed by atoms with Crippen LogP contribution in [0, 0.1) is 17.1 Å². The third-order valence-electron chi connectivity index (χ3n) is 8.89. The van der Waals surface area contributed by atoms with Gasteiger partial charge in [0.25, 0.3) is 0 Å². The quantitative estimate of drug-likeness (QED) is 0.250. The summed E-state index contributed by atoms with van der Waals surface area (Å²) < 4.78 is 50.5. The van der Waals surface area contributed by atoms with Crippen molar-refractivity contribution >= 4 is 18.6 Å². The molecule has 3 aromatic rings. The normalized spacial score (nSPS) is 21.0. The van der Waals surface area contributed by atoms with Gasteiger partial charge >= 0.3 is 13.1 Å². The second kappa shape index (κ2) is 10.9. The Labute approximate surface area is 250 Å². The van der Waals surface area contributed by atoms with Crippen molar-refractivity contribution in [2.24, 2.45) is 0 Å². The first-order chi connectivity index (χ1) is 20.5. The van der Waals surface area contributed by atoms with E-state index >= 15 is 4.39 Å². The van der Waals surface area contributed by atoms with Crippen LogP contribution in [-0.2, 0) is 25.3 Å². The number of nitriles is 1. The number of carbonyl (C=O) groups excluding carboxylic acids is 1. The predicted molar refractivity (Wildman–Crippen MR) is 156 cm³/mol. The highest BCUT2D eigenvalue weighted by Gasteiger charge is 2.51. The molecule has 1 fully saturated rings. The molecule has 0 radical (unpaired) electrons. The van der Waals surface area contributed by atoms with E-state index in [1.165, 1.54) is 13.2 Å². The van der Waals surface area contributed by atoms with Crippen LogP contribution in [0.3, 0.4) is 0 Å². The van der Waals surface area contributed by atoms with E-state index in [9.17, 15) is 10.1 Å². The molecule has 8 nitrogen and oxygen atoms in total. The van der Waals surface area contributed by atoms with Gasteiger partial charge in [0.05, 0.1) is 36.9 Å². The number of halogens is 1. The predicted octanol–water partition coefficient (Wildman–Crippen LogP) is 5.89. The van der Waals surface area contributed by atoms with E-state index in [0.29, 0.717) is 59.1 Å². The van der Waals surface area contributed by atoms with Gasteiger partial charge in [0, 0.05) is 28.7 Å². The van der Waals surface area contributed by atoms with Gasteiger partial charge in [0.15, 0.2) is 0 Å². The standard InChI is InChI=1S/C33H33BFNO7/c1-32(2)33(3,4)43-34(42-32)21-6-11-26(19(14-21)17-36)41-27-13-10-25(35)31-24(27)9-12-28(31)40-22-7-8-23-20(15-30(37)38-5)18-39-29(23)16-22/h6-8,10-11,13-14,16,20,28H,9,12,15,18H2,1-5H3/t20-,28-/m1/s1. The van der Waals surface area contributed by atoms with Gasteiger partial charge < -0.3 is 28.3 Å². The van der Waals surface area contributed by atoms with Crippen molar-refractivity contribution in [2.45, 2.75) is 70.2 Å². The van der Waals surface area contributed by atoms with Crippen molar-refractivity contribution in [2.75, 3.05) is 13.7 Å². The Morgan fingerprint density at radius 1 is 1.07 bits per heavy atom. The molecule has 3 aromatic carbocycles. The van der Waals surface area contributed by atoms with Crippen molar-refractivity contribution in [1.82, 2.24) is 0 Å². The van der Waals surface area contributed by atoms with Gasteiger partial charge in [0.2, 0.25) is 0 Å². The van der Waals surface area contributed by atoms with Gasteiger partial charge in [-0.2, -0.15) is 5.26 Å². The summed E-state index contributed by atoms with van der Waals surface area (Å²) in [5, 5.41) is 9.93. The van der Waals surface area contributed by atoms with E-state index in [0.717, 1.165) is 11.0 Å². The number of nitrogens with zero attached hydrogens (tertiary/aromatic N) is 1. The Balaban J connectivity index is 1.21. The third kappa shape index (κ3) is 5.32. The van der Waals surface area contributed by atoms with Crippen LogP contribution in [0.2, 0.25) is 0 Å². The van der Waals surface area contributed by atoms with Gasteiger partial charge in [0.1, 0.15) is 41.0 Å². The molecule has 43 heavy (non-hydrogen) atoms. The Hall–Kier alpha value is -4.07. The molecule has 1 aliphatic carbocycles. The van der Waals surface area contributed by atoms with Crippen molar-refractivity contribution < 1.29 is 37.4 Å². The summed E-state index contributed by atoms with van der Waals surface area (Å²) in [5.74, 6) is 1.28. The zero-order valence-corrected chi connectivity index (χ0v) is 24.9. The van der Waals surface area contributed by atoms with Crippen LogP contribution < -0.4 is 19.7 Å². The third-order valence-corrected chi connectivity index (χ3v) is 8.89. The number of methoxy groups -OCH3 is 1. The van der Waals surface area contributed by atoms with Crippen LogP contribution in [-0.4, -0.2) is 38.0 Å². The summed E-state index contributed by atoms with van der Waals surface area (Å²) in [6.45, 7) is 8.29. The molecule has 222 valence electrons.